The maximum atomic E-state index is 12.9. The Morgan fingerprint density at radius 2 is 1.85 bits per heavy atom. The first-order valence-corrected chi connectivity index (χ1v) is 10.9. The average Bonchev–Trinajstić information content (AvgIpc) is 2.64. The molecule has 2 unspecified atom stereocenters. The fraction of sp³-hybridized carbons (Fsp3) is 0.632. The van der Waals surface area contributed by atoms with Crippen molar-refractivity contribution in [1.29, 1.82) is 0 Å². The van der Waals surface area contributed by atoms with Gasteiger partial charge in [0.1, 0.15) is 0 Å². The Morgan fingerprint density at radius 3 is 2.35 bits per heavy atom. The van der Waals surface area contributed by atoms with Crippen molar-refractivity contribution in [3.05, 3.63) is 29.8 Å². The second-order valence-electron chi connectivity index (χ2n) is 7.11. The molecule has 1 amide bonds. The highest BCUT2D eigenvalue weighted by Gasteiger charge is 2.40. The molecule has 6 nitrogen and oxygen atoms in total. The Kier molecular flexibility index (Phi) is 6.82. The first kappa shape index (κ1) is 20.9. The lowest BCUT2D eigenvalue weighted by atomic mass is 9.74. The molecular weight excluding hydrogens is 350 g/mol. The van der Waals surface area contributed by atoms with Crippen LogP contribution in [0, 0.1) is 5.92 Å². The number of nitrogens with two attached hydrogens (primary N) is 1. The highest BCUT2D eigenvalue weighted by atomic mass is 32.2. The number of hydrogen-bond acceptors (Lipinski definition) is 4. The van der Waals surface area contributed by atoms with Crippen molar-refractivity contribution < 1.29 is 13.2 Å². The molecule has 0 heterocycles. The van der Waals surface area contributed by atoms with E-state index in [9.17, 15) is 13.2 Å². The van der Waals surface area contributed by atoms with Gasteiger partial charge in [-0.25, -0.2) is 13.1 Å². The minimum Gasteiger partial charge on any atom is -0.339 e. The van der Waals surface area contributed by atoms with Crippen LogP contribution in [0.4, 0.5) is 0 Å². The smallest absolute Gasteiger partial charge is 0.253 e. The van der Waals surface area contributed by atoms with Crippen molar-refractivity contribution in [2.75, 3.05) is 19.6 Å². The number of rotatable bonds is 7. The summed E-state index contributed by atoms with van der Waals surface area (Å²) in [7, 11) is -3.69. The Hall–Kier alpha value is -1.44. The van der Waals surface area contributed by atoms with Crippen LogP contribution >= 0.6 is 0 Å². The van der Waals surface area contributed by atoms with E-state index < -0.39 is 15.6 Å². The number of nitrogens with one attached hydrogen (secondary N) is 1. The van der Waals surface area contributed by atoms with Crippen molar-refractivity contribution in [3.8, 4) is 0 Å². The lowest BCUT2D eigenvalue weighted by molar-refractivity contribution is 0.0773. The second-order valence-corrected chi connectivity index (χ2v) is 8.80. The normalized spacial score (nSPS) is 23.6. The maximum Gasteiger partial charge on any atom is 0.253 e. The van der Waals surface area contributed by atoms with Crippen molar-refractivity contribution in [3.63, 3.8) is 0 Å². The molecular formula is C19H31N3O3S. The molecule has 2 atom stereocenters. The van der Waals surface area contributed by atoms with Crippen LogP contribution in [0.3, 0.4) is 0 Å². The number of nitrogens with zero attached hydrogens (tertiary/aromatic N) is 1. The van der Waals surface area contributed by atoms with Gasteiger partial charge in [-0.1, -0.05) is 19.8 Å². The minimum absolute atomic E-state index is 0.0914. The number of hydrogen-bond donors (Lipinski definition) is 2. The molecule has 1 aromatic carbocycles. The summed E-state index contributed by atoms with van der Waals surface area (Å²) in [6.07, 6.45) is 3.80. The molecule has 1 aliphatic carbocycles. The first-order valence-electron chi connectivity index (χ1n) is 9.43. The summed E-state index contributed by atoms with van der Waals surface area (Å²) in [5.74, 6) is 0.103. The van der Waals surface area contributed by atoms with E-state index in [1.54, 1.807) is 17.0 Å². The van der Waals surface area contributed by atoms with Gasteiger partial charge < -0.3 is 10.6 Å². The molecule has 1 aromatic rings. The van der Waals surface area contributed by atoms with Crippen LogP contribution in [0.25, 0.3) is 0 Å². The van der Waals surface area contributed by atoms with Gasteiger partial charge in [-0.15, -0.1) is 0 Å². The van der Waals surface area contributed by atoms with Gasteiger partial charge in [0, 0.05) is 30.7 Å². The van der Waals surface area contributed by atoms with Crippen molar-refractivity contribution >= 4 is 15.9 Å². The largest absolute Gasteiger partial charge is 0.339 e. The van der Waals surface area contributed by atoms with Gasteiger partial charge in [0.2, 0.25) is 10.0 Å². The van der Waals surface area contributed by atoms with Gasteiger partial charge in [0.25, 0.3) is 5.91 Å². The number of carbonyl (C=O) groups is 1. The monoisotopic (exact) mass is 381 g/mol. The van der Waals surface area contributed by atoms with Crippen molar-refractivity contribution in [2.24, 2.45) is 11.7 Å². The van der Waals surface area contributed by atoms with Crippen molar-refractivity contribution in [1.82, 2.24) is 9.62 Å². The van der Waals surface area contributed by atoms with Gasteiger partial charge in [-0.05, 0) is 56.9 Å². The summed E-state index contributed by atoms with van der Waals surface area (Å²) >= 11 is 0. The van der Waals surface area contributed by atoms with Crippen LogP contribution in [0.15, 0.2) is 29.2 Å². The van der Waals surface area contributed by atoms with E-state index in [0.29, 0.717) is 18.7 Å². The molecule has 0 bridgehead atoms. The summed E-state index contributed by atoms with van der Waals surface area (Å²) in [4.78, 5) is 14.2. The third kappa shape index (κ3) is 4.27. The average molecular weight is 382 g/mol. The van der Waals surface area contributed by atoms with Crippen molar-refractivity contribution in [2.45, 2.75) is 56.9 Å². The van der Waals surface area contributed by atoms with E-state index in [4.69, 9.17) is 5.73 Å². The molecule has 1 saturated carbocycles. The first-order chi connectivity index (χ1) is 12.3. The van der Waals surface area contributed by atoms with Gasteiger partial charge in [-0.3, -0.25) is 4.79 Å². The molecule has 0 aromatic heterocycles. The molecule has 1 aliphatic rings. The van der Waals surface area contributed by atoms with Gasteiger partial charge >= 0.3 is 0 Å². The fourth-order valence-electron chi connectivity index (χ4n) is 3.71. The van der Waals surface area contributed by atoms with Crippen LogP contribution < -0.4 is 10.5 Å². The SMILES string of the molecule is CCN(CC)C(=O)c1ccc(S(=O)(=O)NC2(CN)CCCCC2C)cc1. The molecule has 3 N–H and O–H groups in total. The molecule has 1 fully saturated rings. The summed E-state index contributed by atoms with van der Waals surface area (Å²) in [6, 6.07) is 6.15. The maximum absolute atomic E-state index is 12.9. The highest BCUT2D eigenvalue weighted by molar-refractivity contribution is 7.89. The molecule has 146 valence electrons. The van der Waals surface area contributed by atoms with Crippen LogP contribution in [0.1, 0.15) is 56.8 Å². The predicted molar refractivity (Wildman–Crippen MR) is 103 cm³/mol. The quantitative estimate of drug-likeness (QED) is 0.758. The molecule has 0 aliphatic heterocycles. The van der Waals surface area contributed by atoms with E-state index in [0.717, 1.165) is 25.7 Å². The van der Waals surface area contributed by atoms with Crippen LogP contribution in [0.5, 0.6) is 0 Å². The van der Waals surface area contributed by atoms with E-state index in [1.165, 1.54) is 12.1 Å². The van der Waals surface area contributed by atoms with Crippen LogP contribution in [0.2, 0.25) is 0 Å². The zero-order valence-corrected chi connectivity index (χ0v) is 16.8. The zero-order chi connectivity index (χ0) is 19.4. The minimum atomic E-state index is -3.69. The zero-order valence-electron chi connectivity index (χ0n) is 16.0. The fourth-order valence-corrected chi connectivity index (χ4v) is 5.24. The lowest BCUT2D eigenvalue weighted by Gasteiger charge is -2.42. The van der Waals surface area contributed by atoms with Crippen LogP contribution in [-0.4, -0.2) is 44.4 Å². The Bertz CT molecular complexity index is 714. The van der Waals surface area contributed by atoms with Gasteiger partial charge in [0.15, 0.2) is 0 Å². The third-order valence-electron chi connectivity index (χ3n) is 5.62. The second kappa shape index (κ2) is 8.50. The Morgan fingerprint density at radius 1 is 1.23 bits per heavy atom. The molecule has 0 radical (unpaired) electrons. The summed E-state index contributed by atoms with van der Waals surface area (Å²) in [6.45, 7) is 7.41. The molecule has 26 heavy (non-hydrogen) atoms. The van der Waals surface area contributed by atoms with E-state index >= 15 is 0 Å². The summed E-state index contributed by atoms with van der Waals surface area (Å²) in [5, 5.41) is 0. The third-order valence-corrected chi connectivity index (χ3v) is 7.19. The van der Waals surface area contributed by atoms with E-state index in [-0.39, 0.29) is 23.3 Å². The number of sulfonamides is 1. The van der Waals surface area contributed by atoms with Gasteiger partial charge in [0.05, 0.1) is 4.90 Å². The summed E-state index contributed by atoms with van der Waals surface area (Å²) in [5.41, 5.74) is 5.87. The Labute approximate surface area is 157 Å². The van der Waals surface area contributed by atoms with E-state index in [2.05, 4.69) is 11.6 Å². The molecule has 0 spiro atoms. The van der Waals surface area contributed by atoms with Gasteiger partial charge in [-0.2, -0.15) is 0 Å². The lowest BCUT2D eigenvalue weighted by Crippen LogP contribution is -2.58. The Balaban J connectivity index is 2.22. The predicted octanol–water partition coefficient (Wildman–Crippen LogP) is 2.35. The number of benzene rings is 1. The highest BCUT2D eigenvalue weighted by Crippen LogP contribution is 2.34. The molecule has 2 rings (SSSR count). The molecule has 7 heteroatoms. The standard InChI is InChI=1S/C19H31N3O3S/c1-4-22(5-2)18(23)16-9-11-17(12-10-16)26(24,25)21-19(14-20)13-7-6-8-15(19)3/h9-12,15,21H,4-8,13-14,20H2,1-3H3. The van der Waals surface area contributed by atoms with E-state index in [1.807, 2.05) is 13.8 Å². The number of carbonyl (C=O) groups excluding carboxylic acids is 1. The number of amides is 1. The molecule has 0 saturated heterocycles. The summed E-state index contributed by atoms with van der Waals surface area (Å²) < 4.78 is 28.6. The van der Waals surface area contributed by atoms with Crippen LogP contribution in [-0.2, 0) is 10.0 Å². The topological polar surface area (TPSA) is 92.5 Å².